The van der Waals surface area contributed by atoms with Gasteiger partial charge >= 0.3 is 0 Å². The number of carbonyl (C=O) groups is 1. The van der Waals surface area contributed by atoms with E-state index in [1.165, 1.54) is 12.1 Å². The normalized spacial score (nSPS) is 12.2. The highest BCUT2D eigenvalue weighted by Crippen LogP contribution is 2.04. The van der Waals surface area contributed by atoms with Crippen molar-refractivity contribution in [1.82, 2.24) is 10.6 Å². The molecule has 1 amide bonds. The lowest BCUT2D eigenvalue weighted by atomic mass is 10.1. The second-order valence-electron chi connectivity index (χ2n) is 4.02. The molecule has 0 aliphatic carbocycles. The molecule has 4 heteroatoms. The van der Waals surface area contributed by atoms with Gasteiger partial charge in [0.15, 0.2) is 0 Å². The van der Waals surface area contributed by atoms with E-state index in [9.17, 15) is 9.18 Å². The zero-order valence-electron chi connectivity index (χ0n) is 10.3. The van der Waals surface area contributed by atoms with Gasteiger partial charge in [0.1, 0.15) is 5.82 Å². The topological polar surface area (TPSA) is 41.1 Å². The highest BCUT2D eigenvalue weighted by Gasteiger charge is 2.08. The molecule has 0 aliphatic heterocycles. The van der Waals surface area contributed by atoms with E-state index in [-0.39, 0.29) is 17.8 Å². The van der Waals surface area contributed by atoms with Crippen molar-refractivity contribution in [2.75, 3.05) is 13.6 Å². The molecule has 1 rings (SSSR count). The third-order valence-corrected chi connectivity index (χ3v) is 2.65. The van der Waals surface area contributed by atoms with Crippen LogP contribution in [0.4, 0.5) is 4.39 Å². The van der Waals surface area contributed by atoms with Crippen molar-refractivity contribution < 1.29 is 9.18 Å². The van der Waals surface area contributed by atoms with Gasteiger partial charge in [-0.05, 0) is 44.0 Å². The molecular formula is C13H19FN2O. The first-order chi connectivity index (χ1) is 8.13. The summed E-state index contributed by atoms with van der Waals surface area (Å²) in [6.07, 6.45) is 1.81. The van der Waals surface area contributed by atoms with Crippen molar-refractivity contribution in [3.05, 3.63) is 35.6 Å². The number of carbonyl (C=O) groups excluding carboxylic acids is 1. The molecular weight excluding hydrogens is 219 g/mol. The smallest absolute Gasteiger partial charge is 0.236 e. The molecule has 17 heavy (non-hydrogen) atoms. The molecule has 0 saturated heterocycles. The van der Waals surface area contributed by atoms with Gasteiger partial charge in [0.2, 0.25) is 5.91 Å². The van der Waals surface area contributed by atoms with E-state index in [1.54, 1.807) is 19.2 Å². The van der Waals surface area contributed by atoms with Crippen molar-refractivity contribution in [3.8, 4) is 0 Å². The summed E-state index contributed by atoms with van der Waals surface area (Å²) in [6.45, 7) is 2.60. The van der Waals surface area contributed by atoms with Crippen LogP contribution in [0.1, 0.15) is 18.9 Å². The zero-order chi connectivity index (χ0) is 12.7. The first-order valence-electron chi connectivity index (χ1n) is 5.83. The van der Waals surface area contributed by atoms with E-state index in [0.29, 0.717) is 0 Å². The number of nitrogens with one attached hydrogen (secondary N) is 2. The number of likely N-dealkylation sites (N-methyl/N-ethyl adjacent to an activating group) is 1. The summed E-state index contributed by atoms with van der Waals surface area (Å²) < 4.78 is 12.7. The molecule has 94 valence electrons. The number of aryl methyl sites for hydroxylation is 1. The summed E-state index contributed by atoms with van der Waals surface area (Å²) in [5.41, 5.74) is 1.11. The van der Waals surface area contributed by atoms with Crippen LogP contribution in [0.25, 0.3) is 0 Å². The molecule has 0 spiro atoms. The Kier molecular flexibility index (Phi) is 5.63. The first-order valence-corrected chi connectivity index (χ1v) is 5.83. The van der Waals surface area contributed by atoms with E-state index < -0.39 is 0 Å². The number of halogens is 1. The Bertz CT molecular complexity index is 351. The predicted molar refractivity (Wildman–Crippen MR) is 66.3 cm³/mol. The number of hydrogen-bond acceptors (Lipinski definition) is 2. The van der Waals surface area contributed by atoms with Gasteiger partial charge in [-0.1, -0.05) is 12.1 Å². The number of benzene rings is 1. The Morgan fingerprint density at radius 2 is 2.00 bits per heavy atom. The van der Waals surface area contributed by atoms with Crippen molar-refractivity contribution in [1.29, 1.82) is 0 Å². The van der Waals surface area contributed by atoms with Gasteiger partial charge in [0, 0.05) is 7.05 Å². The van der Waals surface area contributed by atoms with Gasteiger partial charge in [-0.25, -0.2) is 4.39 Å². The molecule has 1 aromatic carbocycles. The fraction of sp³-hybridized carbons (Fsp3) is 0.462. The maximum Gasteiger partial charge on any atom is 0.236 e. The summed E-state index contributed by atoms with van der Waals surface area (Å²) in [7, 11) is 1.62. The minimum atomic E-state index is -0.208. The summed E-state index contributed by atoms with van der Waals surface area (Å²) in [4.78, 5) is 11.2. The lowest BCUT2D eigenvalue weighted by Crippen LogP contribution is -2.41. The molecule has 0 bridgehead atoms. The van der Waals surface area contributed by atoms with E-state index in [2.05, 4.69) is 10.6 Å². The van der Waals surface area contributed by atoms with Gasteiger partial charge in [-0.3, -0.25) is 4.79 Å². The third kappa shape index (κ3) is 4.95. The SMILES string of the molecule is CNC(=O)[C@@H](C)NCCCc1ccc(F)cc1. The Balaban J connectivity index is 2.20. The van der Waals surface area contributed by atoms with Crippen LogP contribution in [-0.4, -0.2) is 25.5 Å². The Morgan fingerprint density at radius 3 is 2.59 bits per heavy atom. The molecule has 0 unspecified atom stereocenters. The first kappa shape index (κ1) is 13.6. The molecule has 1 aromatic rings. The highest BCUT2D eigenvalue weighted by atomic mass is 19.1. The fourth-order valence-electron chi connectivity index (χ4n) is 1.57. The minimum absolute atomic E-state index is 0.00761. The van der Waals surface area contributed by atoms with Crippen molar-refractivity contribution in [2.24, 2.45) is 0 Å². The van der Waals surface area contributed by atoms with Gasteiger partial charge in [0.05, 0.1) is 6.04 Å². The standard InChI is InChI=1S/C13H19FN2O/c1-10(13(17)15-2)16-9-3-4-11-5-7-12(14)8-6-11/h5-8,10,16H,3-4,9H2,1-2H3,(H,15,17)/t10-/m1/s1. The molecule has 0 fully saturated rings. The summed E-state index contributed by atoms with van der Waals surface area (Å²) >= 11 is 0. The van der Waals surface area contributed by atoms with Crippen LogP contribution in [0.15, 0.2) is 24.3 Å². The summed E-state index contributed by atoms with van der Waals surface area (Å²) in [6, 6.07) is 6.34. The third-order valence-electron chi connectivity index (χ3n) is 2.65. The van der Waals surface area contributed by atoms with Crippen molar-refractivity contribution in [2.45, 2.75) is 25.8 Å². The molecule has 0 heterocycles. The Morgan fingerprint density at radius 1 is 1.35 bits per heavy atom. The molecule has 1 atom stereocenters. The average molecular weight is 238 g/mol. The lowest BCUT2D eigenvalue weighted by Gasteiger charge is -2.11. The molecule has 3 nitrogen and oxygen atoms in total. The monoisotopic (exact) mass is 238 g/mol. The van der Waals surface area contributed by atoms with Gasteiger partial charge < -0.3 is 10.6 Å². The van der Waals surface area contributed by atoms with Gasteiger partial charge in [0.25, 0.3) is 0 Å². The van der Waals surface area contributed by atoms with Crippen LogP contribution >= 0.6 is 0 Å². The predicted octanol–water partition coefficient (Wildman–Crippen LogP) is 1.48. The van der Waals surface area contributed by atoms with Crippen LogP contribution in [0.3, 0.4) is 0 Å². The van der Waals surface area contributed by atoms with E-state index in [0.717, 1.165) is 24.9 Å². The minimum Gasteiger partial charge on any atom is -0.358 e. The Labute approximate surface area is 101 Å². The van der Waals surface area contributed by atoms with Crippen LogP contribution < -0.4 is 10.6 Å². The van der Waals surface area contributed by atoms with E-state index in [1.807, 2.05) is 6.92 Å². The molecule has 0 aliphatic rings. The number of rotatable bonds is 6. The molecule has 0 saturated carbocycles. The zero-order valence-corrected chi connectivity index (χ0v) is 10.3. The van der Waals surface area contributed by atoms with Crippen LogP contribution in [0, 0.1) is 5.82 Å². The largest absolute Gasteiger partial charge is 0.358 e. The summed E-state index contributed by atoms with van der Waals surface area (Å²) in [5, 5.41) is 5.72. The Hall–Kier alpha value is -1.42. The molecule has 2 N–H and O–H groups in total. The quantitative estimate of drug-likeness (QED) is 0.737. The van der Waals surface area contributed by atoms with E-state index in [4.69, 9.17) is 0 Å². The number of amides is 1. The second kappa shape index (κ2) is 7.01. The summed E-state index contributed by atoms with van der Waals surface area (Å²) in [5.74, 6) is -0.216. The average Bonchev–Trinajstić information content (AvgIpc) is 2.35. The van der Waals surface area contributed by atoms with Crippen molar-refractivity contribution >= 4 is 5.91 Å². The van der Waals surface area contributed by atoms with Crippen LogP contribution in [0.2, 0.25) is 0 Å². The highest BCUT2D eigenvalue weighted by molar-refractivity contribution is 5.80. The fourth-order valence-corrected chi connectivity index (χ4v) is 1.57. The second-order valence-corrected chi connectivity index (χ2v) is 4.02. The van der Waals surface area contributed by atoms with Gasteiger partial charge in [-0.2, -0.15) is 0 Å². The number of hydrogen-bond donors (Lipinski definition) is 2. The maximum absolute atomic E-state index is 12.7. The van der Waals surface area contributed by atoms with Crippen LogP contribution in [-0.2, 0) is 11.2 Å². The lowest BCUT2D eigenvalue weighted by molar-refractivity contribution is -0.122. The van der Waals surface area contributed by atoms with E-state index >= 15 is 0 Å². The van der Waals surface area contributed by atoms with Crippen LogP contribution in [0.5, 0.6) is 0 Å². The molecule has 0 aromatic heterocycles. The van der Waals surface area contributed by atoms with Crippen molar-refractivity contribution in [3.63, 3.8) is 0 Å². The van der Waals surface area contributed by atoms with Gasteiger partial charge in [-0.15, -0.1) is 0 Å². The maximum atomic E-state index is 12.7. The molecule has 0 radical (unpaired) electrons.